The molecule has 2 nitrogen and oxygen atoms in total. The number of unbranched alkanes of at least 4 members (excludes halogenated alkanes) is 18. The van der Waals surface area contributed by atoms with Gasteiger partial charge in [-0.25, -0.2) is 0 Å². The van der Waals surface area contributed by atoms with Gasteiger partial charge in [-0.05, 0) is 45.1 Å². The molecule has 0 aromatic rings. The largest absolute Gasteiger partial charge is 0.391 e. The molecule has 190 valence electrons. The third-order valence-electron chi connectivity index (χ3n) is 7.36. The molecule has 2 heteroatoms. The summed E-state index contributed by atoms with van der Waals surface area (Å²) in [6, 6.07) is 0.223. The fourth-order valence-electron chi connectivity index (χ4n) is 5.19. The van der Waals surface area contributed by atoms with Crippen molar-refractivity contribution in [2.24, 2.45) is 0 Å². The van der Waals surface area contributed by atoms with E-state index in [9.17, 15) is 5.11 Å². The van der Waals surface area contributed by atoms with Crippen LogP contribution in [-0.4, -0.2) is 23.8 Å². The summed E-state index contributed by atoms with van der Waals surface area (Å²) >= 11 is 0. The summed E-state index contributed by atoms with van der Waals surface area (Å²) in [5.74, 6) is 0. The first-order chi connectivity index (χ1) is 15.8. The van der Waals surface area contributed by atoms with E-state index in [0.29, 0.717) is 0 Å². The van der Waals surface area contributed by atoms with Gasteiger partial charge in [-0.15, -0.1) is 0 Å². The van der Waals surface area contributed by atoms with E-state index in [0.717, 1.165) is 19.4 Å². The highest BCUT2D eigenvalue weighted by Crippen LogP contribution is 2.25. The summed E-state index contributed by atoms with van der Waals surface area (Å²) < 4.78 is 0. The Kier molecular flexibility index (Phi) is 20.8. The second-order valence-corrected chi connectivity index (χ2v) is 10.5. The number of hydrogen-bond donors (Lipinski definition) is 2. The highest BCUT2D eigenvalue weighted by atomic mass is 16.3. The summed E-state index contributed by atoms with van der Waals surface area (Å²) in [6.45, 7) is 5.64. The van der Waals surface area contributed by atoms with Gasteiger partial charge >= 0.3 is 0 Å². The fourth-order valence-corrected chi connectivity index (χ4v) is 5.19. The SMILES string of the molecule is CCCCCCCCCCCCC/C=C1/CCC[C@H](O)[C@H]1NCCCCCCCCCC. The number of aliphatic hydroxyl groups is 1. The summed E-state index contributed by atoms with van der Waals surface area (Å²) in [6.07, 6.45) is 33.2. The van der Waals surface area contributed by atoms with Crippen molar-refractivity contribution >= 4 is 0 Å². The zero-order chi connectivity index (χ0) is 23.1. The first kappa shape index (κ1) is 29.7. The smallest absolute Gasteiger partial charge is 0.0731 e. The molecule has 1 aliphatic carbocycles. The van der Waals surface area contributed by atoms with E-state index in [1.807, 2.05) is 0 Å². The molecule has 1 saturated carbocycles. The zero-order valence-electron chi connectivity index (χ0n) is 22.1. The van der Waals surface area contributed by atoms with Crippen LogP contribution in [0.1, 0.15) is 162 Å². The Labute approximate surface area is 202 Å². The van der Waals surface area contributed by atoms with E-state index in [4.69, 9.17) is 0 Å². The lowest BCUT2D eigenvalue weighted by atomic mass is 9.86. The van der Waals surface area contributed by atoms with Crippen molar-refractivity contribution in [3.05, 3.63) is 11.6 Å². The molecule has 0 aromatic carbocycles. The molecule has 32 heavy (non-hydrogen) atoms. The van der Waals surface area contributed by atoms with Crippen molar-refractivity contribution < 1.29 is 5.11 Å². The molecule has 0 unspecified atom stereocenters. The Balaban J connectivity index is 2.07. The lowest BCUT2D eigenvalue weighted by Gasteiger charge is -2.31. The maximum atomic E-state index is 10.6. The van der Waals surface area contributed by atoms with Gasteiger partial charge in [0.25, 0.3) is 0 Å². The van der Waals surface area contributed by atoms with E-state index >= 15 is 0 Å². The molecule has 0 aliphatic heterocycles. The average molecular weight is 450 g/mol. The van der Waals surface area contributed by atoms with Crippen LogP contribution in [0.5, 0.6) is 0 Å². The van der Waals surface area contributed by atoms with Crippen molar-refractivity contribution in [2.75, 3.05) is 6.54 Å². The summed E-state index contributed by atoms with van der Waals surface area (Å²) in [4.78, 5) is 0. The number of hydrogen-bond acceptors (Lipinski definition) is 2. The van der Waals surface area contributed by atoms with Crippen molar-refractivity contribution in [2.45, 2.75) is 174 Å². The number of aliphatic hydroxyl groups excluding tert-OH is 1. The molecule has 0 spiro atoms. The van der Waals surface area contributed by atoms with Gasteiger partial charge in [0.1, 0.15) is 0 Å². The molecule has 0 aromatic heterocycles. The Morgan fingerprint density at radius 1 is 0.688 bits per heavy atom. The van der Waals surface area contributed by atoms with Crippen molar-refractivity contribution in [1.82, 2.24) is 5.32 Å². The average Bonchev–Trinajstić information content (AvgIpc) is 2.80. The van der Waals surface area contributed by atoms with E-state index in [1.165, 1.54) is 140 Å². The van der Waals surface area contributed by atoms with Crippen LogP contribution in [0.3, 0.4) is 0 Å². The number of allylic oxidation sites excluding steroid dienone is 1. The van der Waals surface area contributed by atoms with Crippen molar-refractivity contribution in [3.63, 3.8) is 0 Å². The molecule has 0 radical (unpaired) electrons. The van der Waals surface area contributed by atoms with Crippen molar-refractivity contribution in [3.8, 4) is 0 Å². The predicted molar refractivity (Wildman–Crippen MR) is 143 cm³/mol. The molecular formula is C30H59NO. The zero-order valence-corrected chi connectivity index (χ0v) is 22.1. The minimum Gasteiger partial charge on any atom is -0.391 e. The molecule has 1 aliphatic rings. The number of rotatable bonds is 22. The van der Waals surface area contributed by atoms with Gasteiger partial charge in [-0.2, -0.15) is 0 Å². The minimum atomic E-state index is -0.179. The van der Waals surface area contributed by atoms with Gasteiger partial charge in [0.05, 0.1) is 12.1 Å². The third-order valence-corrected chi connectivity index (χ3v) is 7.36. The molecule has 2 atom stereocenters. The molecule has 1 rings (SSSR count). The Morgan fingerprint density at radius 2 is 1.16 bits per heavy atom. The quantitative estimate of drug-likeness (QED) is 0.127. The van der Waals surface area contributed by atoms with E-state index in [-0.39, 0.29) is 12.1 Å². The summed E-state index contributed by atoms with van der Waals surface area (Å²) in [5.41, 5.74) is 1.50. The van der Waals surface area contributed by atoms with Crippen LogP contribution in [0.15, 0.2) is 11.6 Å². The maximum Gasteiger partial charge on any atom is 0.0731 e. The first-order valence-electron chi connectivity index (χ1n) is 14.9. The Bertz CT molecular complexity index is 419. The molecule has 2 N–H and O–H groups in total. The van der Waals surface area contributed by atoms with E-state index in [1.54, 1.807) is 0 Å². The predicted octanol–water partition coefficient (Wildman–Crippen LogP) is 9.26. The molecular weight excluding hydrogens is 390 g/mol. The Morgan fingerprint density at radius 3 is 1.69 bits per heavy atom. The van der Waals surface area contributed by atoms with Gasteiger partial charge in [-0.3, -0.25) is 0 Å². The van der Waals surface area contributed by atoms with Gasteiger partial charge < -0.3 is 10.4 Å². The second-order valence-electron chi connectivity index (χ2n) is 10.5. The molecule has 0 heterocycles. The minimum absolute atomic E-state index is 0.179. The summed E-state index contributed by atoms with van der Waals surface area (Å²) in [5, 5.41) is 14.3. The topological polar surface area (TPSA) is 32.3 Å². The molecule has 0 bridgehead atoms. The maximum absolute atomic E-state index is 10.6. The van der Waals surface area contributed by atoms with E-state index < -0.39 is 0 Å². The van der Waals surface area contributed by atoms with Crippen molar-refractivity contribution in [1.29, 1.82) is 0 Å². The van der Waals surface area contributed by atoms with Gasteiger partial charge in [0.2, 0.25) is 0 Å². The van der Waals surface area contributed by atoms with Crippen LogP contribution in [0.25, 0.3) is 0 Å². The highest BCUT2D eigenvalue weighted by molar-refractivity contribution is 5.16. The second kappa shape index (κ2) is 22.5. The van der Waals surface area contributed by atoms with Crippen LogP contribution < -0.4 is 5.32 Å². The first-order valence-corrected chi connectivity index (χ1v) is 14.9. The van der Waals surface area contributed by atoms with Crippen LogP contribution >= 0.6 is 0 Å². The standard InChI is InChI=1S/C30H59NO/c1-3-5-7-9-11-13-14-15-16-17-19-21-24-28-25-23-26-29(32)30(28)31-27-22-20-18-12-10-8-6-4-2/h24,29-32H,3-23,25-27H2,1-2H3/b28-24-/t29-,30-/m0/s1. The molecule has 1 fully saturated rings. The third kappa shape index (κ3) is 16.3. The van der Waals surface area contributed by atoms with Crippen LogP contribution in [0.4, 0.5) is 0 Å². The van der Waals surface area contributed by atoms with Gasteiger partial charge in [-0.1, -0.05) is 135 Å². The monoisotopic (exact) mass is 449 g/mol. The van der Waals surface area contributed by atoms with Crippen LogP contribution in [0.2, 0.25) is 0 Å². The Hall–Kier alpha value is -0.340. The molecule has 0 saturated heterocycles. The van der Waals surface area contributed by atoms with Crippen LogP contribution in [0, 0.1) is 0 Å². The lowest BCUT2D eigenvalue weighted by molar-refractivity contribution is 0.115. The fraction of sp³-hybridized carbons (Fsp3) is 0.933. The molecule has 0 amide bonds. The highest BCUT2D eigenvalue weighted by Gasteiger charge is 2.26. The van der Waals surface area contributed by atoms with Gasteiger partial charge in [0, 0.05) is 0 Å². The summed E-state index contributed by atoms with van der Waals surface area (Å²) in [7, 11) is 0. The van der Waals surface area contributed by atoms with Gasteiger partial charge in [0.15, 0.2) is 0 Å². The van der Waals surface area contributed by atoms with E-state index in [2.05, 4.69) is 25.2 Å². The lowest BCUT2D eigenvalue weighted by Crippen LogP contribution is -2.44. The van der Waals surface area contributed by atoms with Crippen LogP contribution in [-0.2, 0) is 0 Å². The normalized spacial score (nSPS) is 20.3. The number of nitrogens with one attached hydrogen (secondary N) is 1.